The smallest absolute Gasteiger partial charge is 0.159 e. The van der Waals surface area contributed by atoms with Crippen LogP contribution in [0.2, 0.25) is 0 Å². The highest BCUT2D eigenvalue weighted by atomic mass is 16.3. The van der Waals surface area contributed by atoms with Gasteiger partial charge < -0.3 is 5.11 Å². The van der Waals surface area contributed by atoms with Crippen LogP contribution >= 0.6 is 0 Å². The first-order valence-electron chi connectivity index (χ1n) is 5.50. The summed E-state index contributed by atoms with van der Waals surface area (Å²) in [7, 11) is 0. The van der Waals surface area contributed by atoms with Gasteiger partial charge in [0.25, 0.3) is 0 Å². The number of rotatable bonds is 0. The van der Waals surface area contributed by atoms with Crippen LogP contribution < -0.4 is 0 Å². The Bertz CT molecular complexity index is 333. The zero-order chi connectivity index (χ0) is 9.97. The Morgan fingerprint density at radius 1 is 1.36 bits per heavy atom. The molecular weight excluding hydrogens is 176 g/mol. The standard InChI is InChI=1S/C12H16O2/c1-8-10(14)7-11-3-2-4-12(8,11)6-9(13)5-11/h9,13H,1-7H2/t9?,11-,12+/m0/s1. The number of allylic oxidation sites excluding steroid dienone is 1. The molecule has 0 heterocycles. The van der Waals surface area contributed by atoms with E-state index in [1.165, 1.54) is 6.42 Å². The maximum atomic E-state index is 11.7. The van der Waals surface area contributed by atoms with Crippen molar-refractivity contribution in [3.05, 3.63) is 12.2 Å². The van der Waals surface area contributed by atoms with E-state index in [-0.39, 0.29) is 22.7 Å². The summed E-state index contributed by atoms with van der Waals surface area (Å²) in [4.78, 5) is 11.7. The van der Waals surface area contributed by atoms with Crippen molar-refractivity contribution in [2.75, 3.05) is 0 Å². The van der Waals surface area contributed by atoms with E-state index in [2.05, 4.69) is 6.58 Å². The number of carbonyl (C=O) groups excluding carboxylic acids is 1. The number of hydrogen-bond acceptors (Lipinski definition) is 2. The van der Waals surface area contributed by atoms with Crippen LogP contribution in [0.5, 0.6) is 0 Å². The Hall–Kier alpha value is -0.630. The van der Waals surface area contributed by atoms with E-state index in [1.54, 1.807) is 0 Å². The molecule has 3 saturated carbocycles. The lowest BCUT2D eigenvalue weighted by atomic mass is 9.69. The van der Waals surface area contributed by atoms with E-state index in [1.807, 2.05) is 0 Å². The highest BCUT2D eigenvalue weighted by molar-refractivity contribution is 6.00. The predicted molar refractivity (Wildman–Crippen MR) is 52.7 cm³/mol. The molecule has 1 unspecified atom stereocenters. The zero-order valence-electron chi connectivity index (χ0n) is 8.38. The summed E-state index contributed by atoms with van der Waals surface area (Å²) >= 11 is 0. The Morgan fingerprint density at radius 3 is 2.86 bits per heavy atom. The molecule has 0 saturated heterocycles. The molecule has 0 aromatic rings. The van der Waals surface area contributed by atoms with Crippen LogP contribution in [0.1, 0.15) is 38.5 Å². The van der Waals surface area contributed by atoms with Crippen molar-refractivity contribution in [2.45, 2.75) is 44.6 Å². The molecule has 14 heavy (non-hydrogen) atoms. The summed E-state index contributed by atoms with van der Waals surface area (Å²) in [6, 6.07) is 0. The SMILES string of the molecule is C=C1C(=O)C[C@@]23CCC[C@@]12CC(O)C3. The molecule has 0 radical (unpaired) electrons. The summed E-state index contributed by atoms with van der Waals surface area (Å²) < 4.78 is 0. The maximum absolute atomic E-state index is 11.7. The number of carbonyl (C=O) groups is 1. The monoisotopic (exact) mass is 192 g/mol. The average Bonchev–Trinajstić information content (AvgIpc) is 2.59. The first-order valence-corrected chi connectivity index (χ1v) is 5.50. The van der Waals surface area contributed by atoms with Crippen LogP contribution in [-0.2, 0) is 4.79 Å². The third kappa shape index (κ3) is 0.714. The molecule has 1 N–H and O–H groups in total. The van der Waals surface area contributed by atoms with Gasteiger partial charge in [-0.1, -0.05) is 13.0 Å². The first-order chi connectivity index (χ1) is 6.60. The zero-order valence-corrected chi connectivity index (χ0v) is 8.38. The number of hydrogen-bond donors (Lipinski definition) is 1. The average molecular weight is 192 g/mol. The van der Waals surface area contributed by atoms with Crippen LogP contribution in [0, 0.1) is 10.8 Å². The van der Waals surface area contributed by atoms with Gasteiger partial charge in [0, 0.05) is 11.8 Å². The highest BCUT2D eigenvalue weighted by Crippen LogP contribution is 2.71. The van der Waals surface area contributed by atoms with Crippen molar-refractivity contribution in [1.29, 1.82) is 0 Å². The topological polar surface area (TPSA) is 37.3 Å². The second-order valence-electron chi connectivity index (χ2n) is 5.36. The minimum atomic E-state index is -0.194. The fourth-order valence-corrected chi connectivity index (χ4v) is 4.38. The first kappa shape index (κ1) is 8.66. The Morgan fingerprint density at radius 2 is 2.14 bits per heavy atom. The number of aliphatic hydroxyl groups excluding tert-OH is 1. The maximum Gasteiger partial charge on any atom is 0.159 e. The normalized spacial score (nSPS) is 51.1. The predicted octanol–water partition coefficient (Wildman–Crippen LogP) is 1.83. The van der Waals surface area contributed by atoms with Gasteiger partial charge in [-0.25, -0.2) is 0 Å². The molecule has 2 nitrogen and oxygen atoms in total. The molecular formula is C12H16O2. The van der Waals surface area contributed by atoms with Crippen molar-refractivity contribution >= 4 is 5.78 Å². The Labute approximate surface area is 84.0 Å². The second kappa shape index (κ2) is 2.30. The van der Waals surface area contributed by atoms with Gasteiger partial charge in [-0.05, 0) is 36.7 Å². The minimum absolute atomic E-state index is 0.00347. The van der Waals surface area contributed by atoms with Crippen LogP contribution in [-0.4, -0.2) is 17.0 Å². The molecule has 0 aromatic heterocycles. The largest absolute Gasteiger partial charge is 0.393 e. The van der Waals surface area contributed by atoms with Gasteiger partial charge in [0.05, 0.1) is 6.10 Å². The molecule has 2 heteroatoms. The van der Waals surface area contributed by atoms with Gasteiger partial charge in [0.2, 0.25) is 0 Å². The molecule has 0 amide bonds. The van der Waals surface area contributed by atoms with E-state index < -0.39 is 0 Å². The van der Waals surface area contributed by atoms with Gasteiger partial charge in [0.15, 0.2) is 5.78 Å². The van der Waals surface area contributed by atoms with Crippen molar-refractivity contribution in [3.8, 4) is 0 Å². The molecule has 0 bridgehead atoms. The van der Waals surface area contributed by atoms with E-state index in [0.29, 0.717) is 6.42 Å². The van der Waals surface area contributed by atoms with Gasteiger partial charge in [-0.15, -0.1) is 0 Å². The molecule has 0 aromatic carbocycles. The molecule has 3 aliphatic rings. The summed E-state index contributed by atoms with van der Waals surface area (Å²) in [5, 5.41) is 9.78. The third-order valence-corrected chi connectivity index (χ3v) is 4.90. The fraction of sp³-hybridized carbons (Fsp3) is 0.750. The van der Waals surface area contributed by atoms with Crippen molar-refractivity contribution < 1.29 is 9.90 Å². The number of ketones is 1. The number of Topliss-reactive ketones (excluding diaryl/α,β-unsaturated/α-hetero) is 1. The van der Waals surface area contributed by atoms with Crippen LogP contribution in [0.25, 0.3) is 0 Å². The minimum Gasteiger partial charge on any atom is -0.393 e. The molecule has 3 atom stereocenters. The van der Waals surface area contributed by atoms with E-state index in [0.717, 1.165) is 31.3 Å². The fourth-order valence-electron chi connectivity index (χ4n) is 4.38. The van der Waals surface area contributed by atoms with Crippen LogP contribution in [0.3, 0.4) is 0 Å². The second-order valence-corrected chi connectivity index (χ2v) is 5.36. The summed E-state index contributed by atoms with van der Waals surface area (Å²) in [6.45, 7) is 3.98. The highest BCUT2D eigenvalue weighted by Gasteiger charge is 2.66. The molecule has 3 rings (SSSR count). The van der Waals surface area contributed by atoms with Gasteiger partial charge in [-0.3, -0.25) is 4.79 Å². The molecule has 0 aliphatic heterocycles. The van der Waals surface area contributed by atoms with E-state index >= 15 is 0 Å². The lowest BCUT2D eigenvalue weighted by Gasteiger charge is -2.33. The quantitative estimate of drug-likeness (QED) is 0.594. The van der Waals surface area contributed by atoms with Crippen molar-refractivity contribution in [2.24, 2.45) is 10.8 Å². The molecule has 3 aliphatic carbocycles. The molecule has 76 valence electrons. The van der Waals surface area contributed by atoms with Gasteiger partial charge in [0.1, 0.15) is 0 Å². The Kier molecular flexibility index (Phi) is 1.42. The van der Waals surface area contributed by atoms with Crippen molar-refractivity contribution in [1.82, 2.24) is 0 Å². The lowest BCUT2D eigenvalue weighted by molar-refractivity contribution is -0.115. The summed E-state index contributed by atoms with van der Waals surface area (Å²) in [5.74, 6) is 0.261. The summed E-state index contributed by atoms with van der Waals surface area (Å²) in [5.41, 5.74) is 0.941. The molecule has 3 fully saturated rings. The van der Waals surface area contributed by atoms with Gasteiger partial charge in [-0.2, -0.15) is 0 Å². The van der Waals surface area contributed by atoms with Gasteiger partial charge >= 0.3 is 0 Å². The third-order valence-electron chi connectivity index (χ3n) is 4.90. The Balaban J connectivity index is 2.13. The number of aliphatic hydroxyl groups is 1. The lowest BCUT2D eigenvalue weighted by Crippen LogP contribution is -2.26. The van der Waals surface area contributed by atoms with Crippen LogP contribution in [0.15, 0.2) is 12.2 Å². The summed E-state index contributed by atoms with van der Waals surface area (Å²) in [6.07, 6.45) is 5.49. The van der Waals surface area contributed by atoms with Crippen molar-refractivity contribution in [3.63, 3.8) is 0 Å². The van der Waals surface area contributed by atoms with E-state index in [9.17, 15) is 9.90 Å². The van der Waals surface area contributed by atoms with Crippen LogP contribution in [0.4, 0.5) is 0 Å². The molecule has 0 spiro atoms. The van der Waals surface area contributed by atoms with E-state index in [4.69, 9.17) is 0 Å².